The topological polar surface area (TPSA) is 78.9 Å². The number of hydrogen-bond acceptors (Lipinski definition) is 5. The van der Waals surface area contributed by atoms with Crippen LogP contribution in [0.5, 0.6) is 0 Å². The smallest absolute Gasteiger partial charge is 0.224 e. The summed E-state index contributed by atoms with van der Waals surface area (Å²) in [5.41, 5.74) is 2.91. The minimum atomic E-state index is 0.164. The van der Waals surface area contributed by atoms with E-state index in [-0.39, 0.29) is 11.3 Å². The molecule has 0 unspecified atom stereocenters. The van der Waals surface area contributed by atoms with Gasteiger partial charge in [-0.1, -0.05) is 12.1 Å². The third-order valence-electron chi connectivity index (χ3n) is 8.22. The average molecular weight is 469 g/mol. The van der Waals surface area contributed by atoms with Gasteiger partial charge in [-0.05, 0) is 98.1 Å². The zero-order valence-electron chi connectivity index (χ0n) is 20.2. The van der Waals surface area contributed by atoms with Crippen LogP contribution in [-0.2, 0) is 4.79 Å². The lowest BCUT2D eigenvalue weighted by Gasteiger charge is -2.56. The van der Waals surface area contributed by atoms with Crippen LogP contribution in [0.2, 0.25) is 0 Å². The second-order valence-electron chi connectivity index (χ2n) is 11.0. The standard InChI is InChI=1S/C29H34N5O/c35-28(18-29-15-20-12-21(16-29)14-22(13-20)17-29)34-26-6-3-5-25-24(26)7-8-27(33-25)32-11-10-30-19-23-4-1-2-9-31-23/h1-9,19-22,30H,10-18H2,(H,32,33)(H,34,35). The third kappa shape index (κ3) is 5.03. The van der Waals surface area contributed by atoms with Crippen molar-refractivity contribution in [3.8, 4) is 0 Å². The molecule has 0 spiro atoms. The van der Waals surface area contributed by atoms with Gasteiger partial charge in [0.15, 0.2) is 0 Å². The van der Waals surface area contributed by atoms with Crippen LogP contribution in [0, 0.1) is 29.7 Å². The third-order valence-corrected chi connectivity index (χ3v) is 8.22. The van der Waals surface area contributed by atoms with Crippen LogP contribution >= 0.6 is 0 Å². The van der Waals surface area contributed by atoms with Crippen LogP contribution in [-0.4, -0.2) is 29.0 Å². The molecule has 181 valence electrons. The Balaban J connectivity index is 1.05. The van der Waals surface area contributed by atoms with E-state index in [1.54, 1.807) is 6.20 Å². The molecule has 1 amide bonds. The lowest BCUT2D eigenvalue weighted by molar-refractivity contribution is -0.124. The lowest BCUT2D eigenvalue weighted by Crippen LogP contribution is -2.47. The van der Waals surface area contributed by atoms with Crippen LogP contribution < -0.4 is 16.0 Å². The molecule has 0 aliphatic heterocycles. The first kappa shape index (κ1) is 22.5. The molecule has 35 heavy (non-hydrogen) atoms. The number of fused-ring (bicyclic) bond motifs is 1. The molecule has 2 aromatic heterocycles. The maximum absolute atomic E-state index is 13.2. The van der Waals surface area contributed by atoms with Crippen molar-refractivity contribution in [3.63, 3.8) is 0 Å². The Morgan fingerprint density at radius 3 is 2.49 bits per heavy atom. The Bertz CT molecular complexity index is 1160. The molecule has 0 saturated heterocycles. The Labute approximate surface area is 207 Å². The summed E-state index contributed by atoms with van der Waals surface area (Å²) in [7, 11) is 0. The van der Waals surface area contributed by atoms with E-state index in [0.29, 0.717) is 6.42 Å². The largest absolute Gasteiger partial charge is 0.369 e. The molecule has 4 aliphatic carbocycles. The van der Waals surface area contributed by atoms with Gasteiger partial charge in [-0.2, -0.15) is 0 Å². The van der Waals surface area contributed by atoms with E-state index in [9.17, 15) is 4.79 Å². The average Bonchev–Trinajstić information content (AvgIpc) is 2.83. The number of rotatable bonds is 9. The molecule has 4 saturated carbocycles. The first-order chi connectivity index (χ1) is 17.1. The number of benzene rings is 1. The van der Waals surface area contributed by atoms with E-state index >= 15 is 0 Å². The van der Waals surface area contributed by atoms with E-state index in [1.807, 2.05) is 49.0 Å². The molecular weight excluding hydrogens is 434 g/mol. The fourth-order valence-electron chi connectivity index (χ4n) is 7.30. The molecule has 4 bridgehead atoms. The van der Waals surface area contributed by atoms with Gasteiger partial charge in [-0.15, -0.1) is 0 Å². The van der Waals surface area contributed by atoms with E-state index in [2.05, 4.69) is 27.0 Å². The normalized spacial score (nSPS) is 26.7. The summed E-state index contributed by atoms with van der Waals surface area (Å²) in [6.07, 6.45) is 10.4. The number of carbonyl (C=O) groups is 1. The van der Waals surface area contributed by atoms with Crippen LogP contribution in [0.4, 0.5) is 11.5 Å². The molecule has 4 aliphatic rings. The predicted molar refractivity (Wildman–Crippen MR) is 140 cm³/mol. The van der Waals surface area contributed by atoms with Gasteiger partial charge in [-0.25, -0.2) is 4.98 Å². The van der Waals surface area contributed by atoms with Crippen molar-refractivity contribution >= 4 is 28.3 Å². The molecule has 2 heterocycles. The van der Waals surface area contributed by atoms with Crippen molar-refractivity contribution in [1.82, 2.24) is 15.3 Å². The minimum absolute atomic E-state index is 0.164. The second kappa shape index (κ2) is 9.57. The van der Waals surface area contributed by atoms with E-state index in [0.717, 1.165) is 58.9 Å². The zero-order valence-corrected chi connectivity index (χ0v) is 20.2. The molecule has 3 N–H and O–H groups in total. The summed E-state index contributed by atoms with van der Waals surface area (Å²) < 4.78 is 0. The van der Waals surface area contributed by atoms with Gasteiger partial charge in [0.2, 0.25) is 5.91 Å². The molecule has 0 atom stereocenters. The van der Waals surface area contributed by atoms with E-state index in [4.69, 9.17) is 4.98 Å². The van der Waals surface area contributed by atoms with Gasteiger partial charge >= 0.3 is 0 Å². The molecule has 4 fully saturated rings. The number of aromatic nitrogens is 2. The summed E-state index contributed by atoms with van der Waals surface area (Å²) >= 11 is 0. The van der Waals surface area contributed by atoms with Crippen molar-refractivity contribution in [2.24, 2.45) is 23.2 Å². The monoisotopic (exact) mass is 468 g/mol. The van der Waals surface area contributed by atoms with Crippen molar-refractivity contribution < 1.29 is 4.79 Å². The Morgan fingerprint density at radius 2 is 1.74 bits per heavy atom. The number of nitrogens with zero attached hydrogens (tertiary/aromatic N) is 2. The van der Waals surface area contributed by atoms with Gasteiger partial charge in [0, 0.05) is 31.1 Å². The number of hydrogen-bond donors (Lipinski definition) is 3. The summed E-state index contributed by atoms with van der Waals surface area (Å²) in [5.74, 6) is 3.59. The number of anilines is 2. The summed E-state index contributed by atoms with van der Waals surface area (Å²) in [5, 5.41) is 10.9. The fourth-order valence-corrected chi connectivity index (χ4v) is 7.30. The number of pyridine rings is 2. The van der Waals surface area contributed by atoms with Gasteiger partial charge in [0.1, 0.15) is 5.82 Å². The number of nitrogens with one attached hydrogen (secondary N) is 3. The van der Waals surface area contributed by atoms with Gasteiger partial charge < -0.3 is 16.0 Å². The van der Waals surface area contributed by atoms with Crippen LogP contribution in [0.15, 0.2) is 54.7 Å². The molecule has 1 aromatic carbocycles. The van der Waals surface area contributed by atoms with Crippen molar-refractivity contribution in [1.29, 1.82) is 0 Å². The molecule has 1 radical (unpaired) electrons. The maximum Gasteiger partial charge on any atom is 0.224 e. The van der Waals surface area contributed by atoms with Gasteiger partial charge in [0.05, 0.1) is 23.4 Å². The van der Waals surface area contributed by atoms with Crippen molar-refractivity contribution in [2.45, 2.75) is 44.9 Å². The second-order valence-corrected chi connectivity index (χ2v) is 11.0. The summed E-state index contributed by atoms with van der Waals surface area (Å²) in [4.78, 5) is 22.2. The Morgan fingerprint density at radius 1 is 0.943 bits per heavy atom. The highest BCUT2D eigenvalue weighted by Gasteiger charge is 2.51. The van der Waals surface area contributed by atoms with Crippen molar-refractivity contribution in [3.05, 3.63) is 67.0 Å². The molecule has 6 nitrogen and oxygen atoms in total. The Hall–Kier alpha value is -2.99. The van der Waals surface area contributed by atoms with E-state index < -0.39 is 0 Å². The summed E-state index contributed by atoms with van der Waals surface area (Å²) in [6.45, 7) is 3.41. The SMILES string of the molecule is O=C(CC12CC3CC(CC(C3)C1)C2)Nc1cccc2nc(NCCN[CH]c3ccccn3)ccc12. The lowest BCUT2D eigenvalue weighted by atomic mass is 9.49. The zero-order chi connectivity index (χ0) is 23.7. The predicted octanol–water partition coefficient (Wildman–Crippen LogP) is 5.39. The first-order valence-electron chi connectivity index (χ1n) is 13.1. The van der Waals surface area contributed by atoms with Crippen LogP contribution in [0.3, 0.4) is 0 Å². The fraction of sp³-hybridized carbons (Fsp3) is 0.448. The quantitative estimate of drug-likeness (QED) is 0.367. The number of amides is 1. The van der Waals surface area contributed by atoms with Gasteiger partial charge in [0.25, 0.3) is 0 Å². The maximum atomic E-state index is 13.2. The highest BCUT2D eigenvalue weighted by atomic mass is 16.1. The van der Waals surface area contributed by atoms with Gasteiger partial charge in [-0.3, -0.25) is 9.78 Å². The van der Waals surface area contributed by atoms with Crippen LogP contribution in [0.25, 0.3) is 10.9 Å². The minimum Gasteiger partial charge on any atom is -0.369 e. The highest BCUT2D eigenvalue weighted by Crippen LogP contribution is 2.61. The molecule has 6 heteroatoms. The Kier molecular flexibility index (Phi) is 6.15. The van der Waals surface area contributed by atoms with Crippen LogP contribution in [0.1, 0.15) is 50.6 Å². The highest BCUT2D eigenvalue weighted by molar-refractivity contribution is 6.01. The molecular formula is C29H34N5O. The molecule has 7 rings (SSSR count). The summed E-state index contributed by atoms with van der Waals surface area (Å²) in [6, 6.07) is 15.8. The molecule has 3 aromatic rings. The first-order valence-corrected chi connectivity index (χ1v) is 13.1. The van der Waals surface area contributed by atoms with E-state index in [1.165, 1.54) is 38.5 Å². The number of carbonyl (C=O) groups excluding carboxylic acids is 1. The van der Waals surface area contributed by atoms with Crippen molar-refractivity contribution in [2.75, 3.05) is 23.7 Å².